The number of ether oxygens (including phenoxy) is 1. The molecule has 0 spiro atoms. The molecule has 0 radical (unpaired) electrons. The summed E-state index contributed by atoms with van der Waals surface area (Å²) in [6.07, 6.45) is 0. The first-order valence-electron chi connectivity index (χ1n) is 4.59. The molecule has 0 amide bonds. The summed E-state index contributed by atoms with van der Waals surface area (Å²) in [7, 11) is 1.24. The molecule has 0 aliphatic rings. The highest BCUT2D eigenvalue weighted by molar-refractivity contribution is 5.88. The number of carbonyl (C=O) groups excluding carboxylic acids is 1. The number of rotatable bonds is 3. The van der Waals surface area contributed by atoms with Crippen molar-refractivity contribution >= 4 is 11.9 Å². The van der Waals surface area contributed by atoms with Crippen LogP contribution in [0.3, 0.4) is 0 Å². The zero-order valence-corrected chi connectivity index (χ0v) is 8.76. The van der Waals surface area contributed by atoms with Crippen molar-refractivity contribution in [3.8, 4) is 11.5 Å². The topological polar surface area (TPSA) is 105 Å². The first-order valence-corrected chi connectivity index (χ1v) is 4.59. The van der Waals surface area contributed by atoms with Crippen LogP contribution in [0.4, 0.5) is 0 Å². The maximum Gasteiger partial charge on any atom is 0.373 e. The largest absolute Gasteiger partial charge is 0.476 e. The molecule has 0 saturated heterocycles. The predicted octanol–water partition coefficient (Wildman–Crippen LogP) is 1.15. The van der Waals surface area contributed by atoms with Crippen molar-refractivity contribution in [2.45, 2.75) is 0 Å². The number of aromatic amines is 1. The van der Waals surface area contributed by atoms with E-state index in [1.165, 1.54) is 25.3 Å². The second-order valence-corrected chi connectivity index (χ2v) is 3.13. The van der Waals surface area contributed by atoms with Gasteiger partial charge in [0.05, 0.1) is 7.11 Å². The Hall–Kier alpha value is -2.57. The van der Waals surface area contributed by atoms with E-state index in [0.29, 0.717) is 11.5 Å². The Labute approximate surface area is 95.0 Å². The monoisotopic (exact) mass is 236 g/mol. The van der Waals surface area contributed by atoms with Crippen LogP contribution < -0.4 is 0 Å². The Bertz CT molecular complexity index is 569. The van der Waals surface area contributed by atoms with Crippen molar-refractivity contribution < 1.29 is 23.8 Å². The number of nitrogens with one attached hydrogen (secondary N) is 1. The fourth-order valence-corrected chi connectivity index (χ4v) is 1.25. The minimum Gasteiger partial charge on any atom is -0.476 e. The minimum atomic E-state index is -1.15. The highest BCUT2D eigenvalue weighted by Gasteiger charge is 2.15. The Morgan fingerprint density at radius 1 is 1.47 bits per heavy atom. The average Bonchev–Trinajstić information content (AvgIpc) is 2.95. The van der Waals surface area contributed by atoms with E-state index in [0.717, 1.165) is 0 Å². The number of aromatic carboxylic acids is 1. The Morgan fingerprint density at radius 3 is 2.82 bits per heavy atom. The lowest BCUT2D eigenvalue weighted by Gasteiger charge is -1.92. The molecule has 0 atom stereocenters. The third-order valence-electron chi connectivity index (χ3n) is 2.06. The van der Waals surface area contributed by atoms with Gasteiger partial charge in [0.25, 0.3) is 0 Å². The Kier molecular flexibility index (Phi) is 2.65. The van der Waals surface area contributed by atoms with Crippen molar-refractivity contribution in [3.63, 3.8) is 0 Å². The molecule has 0 saturated carbocycles. The Morgan fingerprint density at radius 2 is 2.24 bits per heavy atom. The lowest BCUT2D eigenvalue weighted by molar-refractivity contribution is 0.0565. The first kappa shape index (κ1) is 10.9. The van der Waals surface area contributed by atoms with Crippen LogP contribution in [0.25, 0.3) is 11.5 Å². The van der Waals surface area contributed by atoms with Gasteiger partial charge in [-0.25, -0.2) is 9.59 Å². The molecule has 0 aliphatic heterocycles. The van der Waals surface area contributed by atoms with Crippen molar-refractivity contribution in [2.24, 2.45) is 0 Å². The molecule has 0 aromatic carbocycles. The molecule has 88 valence electrons. The van der Waals surface area contributed by atoms with Crippen LogP contribution in [0, 0.1) is 0 Å². The summed E-state index contributed by atoms with van der Waals surface area (Å²) in [5.74, 6) is -1.40. The average molecular weight is 236 g/mol. The number of nitrogens with zero attached hydrogens (tertiary/aromatic N) is 1. The summed E-state index contributed by atoms with van der Waals surface area (Å²) in [6, 6.07) is 4.26. The number of H-pyrrole nitrogens is 1. The van der Waals surface area contributed by atoms with Crippen molar-refractivity contribution in [3.05, 3.63) is 29.7 Å². The van der Waals surface area contributed by atoms with Gasteiger partial charge < -0.3 is 14.3 Å². The first-order chi connectivity index (χ1) is 8.11. The molecule has 0 unspecified atom stereocenters. The second kappa shape index (κ2) is 4.12. The van der Waals surface area contributed by atoms with E-state index in [2.05, 4.69) is 14.9 Å². The van der Waals surface area contributed by atoms with Gasteiger partial charge in [-0.1, -0.05) is 0 Å². The highest BCUT2D eigenvalue weighted by atomic mass is 16.5. The minimum absolute atomic E-state index is 0.0361. The molecular formula is C10H8N2O5. The molecule has 2 aromatic heterocycles. The van der Waals surface area contributed by atoms with Crippen LogP contribution in [0.5, 0.6) is 0 Å². The van der Waals surface area contributed by atoms with Crippen LogP contribution >= 0.6 is 0 Å². The van der Waals surface area contributed by atoms with Crippen molar-refractivity contribution in [2.75, 3.05) is 7.11 Å². The van der Waals surface area contributed by atoms with Crippen LogP contribution in [0.15, 0.2) is 22.6 Å². The van der Waals surface area contributed by atoms with E-state index in [-0.39, 0.29) is 11.5 Å². The fraction of sp³-hybridized carbons (Fsp3) is 0.100. The van der Waals surface area contributed by atoms with Gasteiger partial charge in [0.1, 0.15) is 5.69 Å². The zero-order chi connectivity index (χ0) is 12.4. The standard InChI is InChI=1S/C10H8N2O5/c1-16-10(15)8-3-2-7(17-8)5-4-6(9(13)14)12-11-5/h2-4H,1H3,(H,11,12)(H,13,14). The summed E-state index contributed by atoms with van der Waals surface area (Å²) in [4.78, 5) is 21.8. The maximum atomic E-state index is 11.1. The molecule has 2 aromatic rings. The molecular weight excluding hydrogens is 228 g/mol. The van der Waals surface area contributed by atoms with Gasteiger partial charge in [0, 0.05) is 6.07 Å². The SMILES string of the molecule is COC(=O)c1ccc(-c2cc(C(=O)O)n[nH]2)o1. The molecule has 2 rings (SSSR count). The number of hydrogen-bond acceptors (Lipinski definition) is 5. The number of carboxylic acid groups (broad SMARTS) is 1. The van der Waals surface area contributed by atoms with Crippen molar-refractivity contribution in [1.82, 2.24) is 10.2 Å². The molecule has 0 aliphatic carbocycles. The van der Waals surface area contributed by atoms with E-state index in [1.54, 1.807) is 0 Å². The van der Waals surface area contributed by atoms with Gasteiger partial charge in [-0.15, -0.1) is 0 Å². The molecule has 0 fully saturated rings. The maximum absolute atomic E-state index is 11.1. The smallest absolute Gasteiger partial charge is 0.373 e. The number of hydrogen-bond donors (Lipinski definition) is 2. The van der Waals surface area contributed by atoms with Crippen LogP contribution in [-0.4, -0.2) is 34.4 Å². The van der Waals surface area contributed by atoms with E-state index in [1.807, 2.05) is 0 Å². The molecule has 2 heterocycles. The number of furan rings is 1. The number of aromatic nitrogens is 2. The number of esters is 1. The van der Waals surface area contributed by atoms with Gasteiger partial charge in [0.15, 0.2) is 11.5 Å². The summed E-state index contributed by atoms with van der Waals surface area (Å²) < 4.78 is 9.65. The van der Waals surface area contributed by atoms with Crippen LogP contribution in [-0.2, 0) is 4.74 Å². The molecule has 7 nitrogen and oxygen atoms in total. The quantitative estimate of drug-likeness (QED) is 0.774. The van der Waals surface area contributed by atoms with Crippen LogP contribution in [0.1, 0.15) is 21.0 Å². The van der Waals surface area contributed by atoms with Crippen molar-refractivity contribution in [1.29, 1.82) is 0 Å². The lowest BCUT2D eigenvalue weighted by Crippen LogP contribution is -1.98. The number of carboxylic acids is 1. The normalized spacial score (nSPS) is 10.2. The van der Waals surface area contributed by atoms with Gasteiger partial charge in [-0.05, 0) is 12.1 Å². The summed E-state index contributed by atoms with van der Waals surface area (Å²) in [5.41, 5.74) is 0.244. The highest BCUT2D eigenvalue weighted by Crippen LogP contribution is 2.21. The van der Waals surface area contributed by atoms with E-state index >= 15 is 0 Å². The lowest BCUT2D eigenvalue weighted by atomic mass is 10.3. The molecule has 17 heavy (non-hydrogen) atoms. The third kappa shape index (κ3) is 2.03. The van der Waals surface area contributed by atoms with Gasteiger partial charge in [-0.2, -0.15) is 5.10 Å². The van der Waals surface area contributed by atoms with Gasteiger partial charge in [0.2, 0.25) is 5.76 Å². The van der Waals surface area contributed by atoms with E-state index < -0.39 is 11.9 Å². The fourth-order valence-electron chi connectivity index (χ4n) is 1.25. The van der Waals surface area contributed by atoms with Gasteiger partial charge in [-0.3, -0.25) is 5.10 Å². The zero-order valence-electron chi connectivity index (χ0n) is 8.76. The predicted molar refractivity (Wildman–Crippen MR) is 54.6 cm³/mol. The van der Waals surface area contributed by atoms with E-state index in [4.69, 9.17) is 9.52 Å². The Balaban J connectivity index is 2.30. The summed E-state index contributed by atoms with van der Waals surface area (Å²) in [5, 5.41) is 14.8. The molecule has 2 N–H and O–H groups in total. The third-order valence-corrected chi connectivity index (χ3v) is 2.06. The molecule has 0 bridgehead atoms. The second-order valence-electron chi connectivity index (χ2n) is 3.13. The van der Waals surface area contributed by atoms with Gasteiger partial charge >= 0.3 is 11.9 Å². The van der Waals surface area contributed by atoms with E-state index in [9.17, 15) is 9.59 Å². The van der Waals surface area contributed by atoms with Crippen LogP contribution in [0.2, 0.25) is 0 Å². The number of carbonyl (C=O) groups is 2. The number of methoxy groups -OCH3 is 1. The molecule has 7 heteroatoms. The summed E-state index contributed by atoms with van der Waals surface area (Å²) in [6.45, 7) is 0. The summed E-state index contributed by atoms with van der Waals surface area (Å²) >= 11 is 0.